The smallest absolute Gasteiger partial charge is 0.228 e. The monoisotopic (exact) mass is 249 g/mol. The van der Waals surface area contributed by atoms with E-state index in [2.05, 4.69) is 31.1 Å². The zero-order valence-electron chi connectivity index (χ0n) is 11.7. The number of anilines is 1. The van der Waals surface area contributed by atoms with Gasteiger partial charge in [-0.25, -0.2) is 0 Å². The minimum Gasteiger partial charge on any atom is -0.330 e. The second kappa shape index (κ2) is 5.96. The SMILES string of the molecule is Cc1cnccc1NC(=O)C(CN)CC(C)(C)C. The quantitative estimate of drug-likeness (QED) is 0.860. The molecular weight excluding hydrogens is 226 g/mol. The number of amides is 1. The van der Waals surface area contributed by atoms with Gasteiger partial charge in [-0.1, -0.05) is 20.8 Å². The molecule has 18 heavy (non-hydrogen) atoms. The molecule has 4 nitrogen and oxygen atoms in total. The van der Waals surface area contributed by atoms with Gasteiger partial charge in [0.2, 0.25) is 5.91 Å². The van der Waals surface area contributed by atoms with E-state index in [1.54, 1.807) is 18.5 Å². The predicted molar refractivity (Wildman–Crippen MR) is 74.2 cm³/mol. The van der Waals surface area contributed by atoms with Gasteiger partial charge in [0.1, 0.15) is 0 Å². The molecular formula is C14H23N3O. The van der Waals surface area contributed by atoms with Gasteiger partial charge >= 0.3 is 0 Å². The summed E-state index contributed by atoms with van der Waals surface area (Å²) in [7, 11) is 0. The summed E-state index contributed by atoms with van der Waals surface area (Å²) in [5, 5.41) is 2.92. The second-order valence-corrected chi connectivity index (χ2v) is 5.88. The minimum absolute atomic E-state index is 0.0123. The average molecular weight is 249 g/mol. The van der Waals surface area contributed by atoms with Crippen LogP contribution in [0.5, 0.6) is 0 Å². The van der Waals surface area contributed by atoms with Crippen molar-refractivity contribution in [3.63, 3.8) is 0 Å². The Balaban J connectivity index is 2.72. The first-order valence-electron chi connectivity index (χ1n) is 6.25. The molecule has 0 fully saturated rings. The topological polar surface area (TPSA) is 68.0 Å². The van der Waals surface area contributed by atoms with Crippen molar-refractivity contribution in [1.82, 2.24) is 4.98 Å². The Morgan fingerprint density at radius 3 is 2.67 bits per heavy atom. The van der Waals surface area contributed by atoms with Crippen molar-refractivity contribution in [1.29, 1.82) is 0 Å². The van der Waals surface area contributed by atoms with Gasteiger partial charge in [0.15, 0.2) is 0 Å². The number of rotatable bonds is 4. The molecule has 0 saturated heterocycles. The zero-order chi connectivity index (χ0) is 13.8. The first-order valence-corrected chi connectivity index (χ1v) is 6.25. The lowest BCUT2D eigenvalue weighted by Gasteiger charge is -2.24. The van der Waals surface area contributed by atoms with Crippen LogP contribution >= 0.6 is 0 Å². The Kier molecular flexibility index (Phi) is 4.84. The summed E-state index contributed by atoms with van der Waals surface area (Å²) in [6, 6.07) is 1.80. The Hall–Kier alpha value is -1.42. The highest BCUT2D eigenvalue weighted by Gasteiger charge is 2.23. The molecule has 100 valence electrons. The molecule has 0 saturated carbocycles. The number of hydrogen-bond acceptors (Lipinski definition) is 3. The molecule has 0 aromatic carbocycles. The van der Waals surface area contributed by atoms with Crippen LogP contribution in [0.2, 0.25) is 0 Å². The van der Waals surface area contributed by atoms with Crippen LogP contribution in [-0.2, 0) is 4.79 Å². The highest BCUT2D eigenvalue weighted by Crippen LogP contribution is 2.25. The van der Waals surface area contributed by atoms with Crippen LogP contribution in [0, 0.1) is 18.3 Å². The van der Waals surface area contributed by atoms with E-state index in [0.29, 0.717) is 6.54 Å². The third kappa shape index (κ3) is 4.45. The van der Waals surface area contributed by atoms with E-state index in [4.69, 9.17) is 5.73 Å². The molecule has 4 heteroatoms. The second-order valence-electron chi connectivity index (χ2n) is 5.88. The van der Waals surface area contributed by atoms with Gasteiger partial charge < -0.3 is 11.1 Å². The lowest BCUT2D eigenvalue weighted by Crippen LogP contribution is -2.32. The number of aromatic nitrogens is 1. The van der Waals surface area contributed by atoms with Crippen LogP contribution in [0.1, 0.15) is 32.8 Å². The molecule has 1 heterocycles. The molecule has 0 radical (unpaired) electrons. The van der Waals surface area contributed by atoms with E-state index in [-0.39, 0.29) is 17.2 Å². The van der Waals surface area contributed by atoms with Crippen molar-refractivity contribution < 1.29 is 4.79 Å². The molecule has 0 aliphatic carbocycles. The molecule has 3 N–H and O–H groups in total. The molecule has 0 spiro atoms. The third-order valence-electron chi connectivity index (χ3n) is 2.79. The minimum atomic E-state index is -0.155. The van der Waals surface area contributed by atoms with Crippen molar-refractivity contribution in [2.45, 2.75) is 34.1 Å². The van der Waals surface area contributed by atoms with Crippen LogP contribution in [-0.4, -0.2) is 17.4 Å². The van der Waals surface area contributed by atoms with Gasteiger partial charge in [-0.15, -0.1) is 0 Å². The third-order valence-corrected chi connectivity index (χ3v) is 2.79. The summed E-state index contributed by atoms with van der Waals surface area (Å²) in [4.78, 5) is 16.2. The molecule has 0 aliphatic heterocycles. The van der Waals surface area contributed by atoms with Gasteiger partial charge in [0.05, 0.1) is 5.92 Å². The zero-order valence-corrected chi connectivity index (χ0v) is 11.7. The number of nitrogens with zero attached hydrogens (tertiary/aromatic N) is 1. The summed E-state index contributed by atoms with van der Waals surface area (Å²) in [5.74, 6) is -0.167. The normalized spacial score (nSPS) is 13.2. The number of carbonyl (C=O) groups is 1. The molecule has 1 rings (SSSR count). The first kappa shape index (κ1) is 14.6. The van der Waals surface area contributed by atoms with E-state index in [1.165, 1.54) is 0 Å². The number of hydrogen-bond donors (Lipinski definition) is 2. The number of carbonyl (C=O) groups excluding carboxylic acids is 1. The van der Waals surface area contributed by atoms with E-state index in [0.717, 1.165) is 17.7 Å². The van der Waals surface area contributed by atoms with Gasteiger partial charge in [0, 0.05) is 24.6 Å². The molecule has 1 amide bonds. The molecule has 1 atom stereocenters. The summed E-state index contributed by atoms with van der Waals surface area (Å²) in [6.07, 6.45) is 4.18. The van der Waals surface area contributed by atoms with Gasteiger partial charge in [0.25, 0.3) is 0 Å². The summed E-state index contributed by atoms with van der Waals surface area (Å²) in [5.41, 5.74) is 7.55. The predicted octanol–water partition coefficient (Wildman–Crippen LogP) is 2.34. The number of nitrogens with one attached hydrogen (secondary N) is 1. The fraction of sp³-hybridized carbons (Fsp3) is 0.571. The molecule has 0 aliphatic rings. The van der Waals surface area contributed by atoms with Crippen molar-refractivity contribution >= 4 is 11.6 Å². The van der Waals surface area contributed by atoms with Crippen LogP contribution < -0.4 is 11.1 Å². The van der Waals surface area contributed by atoms with Crippen molar-refractivity contribution in [3.8, 4) is 0 Å². The van der Waals surface area contributed by atoms with E-state index >= 15 is 0 Å². The molecule has 1 aromatic rings. The Labute approximate surface area is 109 Å². The van der Waals surface area contributed by atoms with Crippen molar-refractivity contribution in [3.05, 3.63) is 24.0 Å². The molecule has 1 aromatic heterocycles. The number of pyridine rings is 1. The summed E-state index contributed by atoms with van der Waals surface area (Å²) in [6.45, 7) is 8.62. The average Bonchev–Trinajstić information content (AvgIpc) is 2.27. The number of nitrogens with two attached hydrogens (primary N) is 1. The summed E-state index contributed by atoms with van der Waals surface area (Å²) < 4.78 is 0. The van der Waals surface area contributed by atoms with Crippen LogP contribution in [0.25, 0.3) is 0 Å². The van der Waals surface area contributed by atoms with Gasteiger partial charge in [-0.3, -0.25) is 9.78 Å². The van der Waals surface area contributed by atoms with Crippen LogP contribution in [0.15, 0.2) is 18.5 Å². The largest absolute Gasteiger partial charge is 0.330 e. The maximum Gasteiger partial charge on any atom is 0.228 e. The lowest BCUT2D eigenvalue weighted by molar-refractivity contribution is -0.120. The highest BCUT2D eigenvalue weighted by atomic mass is 16.1. The van der Waals surface area contributed by atoms with Crippen molar-refractivity contribution in [2.75, 3.05) is 11.9 Å². The maximum absolute atomic E-state index is 12.2. The fourth-order valence-corrected chi connectivity index (χ4v) is 1.87. The fourth-order valence-electron chi connectivity index (χ4n) is 1.87. The summed E-state index contributed by atoms with van der Waals surface area (Å²) >= 11 is 0. The highest BCUT2D eigenvalue weighted by molar-refractivity contribution is 5.93. The van der Waals surface area contributed by atoms with Gasteiger partial charge in [-0.2, -0.15) is 0 Å². The molecule has 1 unspecified atom stereocenters. The van der Waals surface area contributed by atoms with E-state index in [9.17, 15) is 4.79 Å². The number of aryl methyl sites for hydroxylation is 1. The van der Waals surface area contributed by atoms with E-state index in [1.807, 2.05) is 6.92 Å². The Morgan fingerprint density at radius 2 is 2.17 bits per heavy atom. The lowest BCUT2D eigenvalue weighted by atomic mass is 9.84. The van der Waals surface area contributed by atoms with Crippen LogP contribution in [0.3, 0.4) is 0 Å². The van der Waals surface area contributed by atoms with Crippen LogP contribution in [0.4, 0.5) is 5.69 Å². The molecule has 0 bridgehead atoms. The maximum atomic E-state index is 12.2. The van der Waals surface area contributed by atoms with Crippen molar-refractivity contribution in [2.24, 2.45) is 17.1 Å². The first-order chi connectivity index (χ1) is 8.33. The standard InChI is InChI=1S/C14H23N3O/c1-10-9-16-6-5-12(10)17-13(18)11(8-15)7-14(2,3)4/h5-6,9,11H,7-8,15H2,1-4H3,(H,16,17,18). The van der Waals surface area contributed by atoms with Gasteiger partial charge in [-0.05, 0) is 30.4 Å². The van der Waals surface area contributed by atoms with E-state index < -0.39 is 0 Å². The Bertz CT molecular complexity index is 410. The Morgan fingerprint density at radius 1 is 1.50 bits per heavy atom.